The number of ether oxygens (including phenoxy) is 2. The van der Waals surface area contributed by atoms with Gasteiger partial charge in [-0.25, -0.2) is 0 Å². The molecule has 0 aromatic heterocycles. The first-order chi connectivity index (χ1) is 9.35. The minimum Gasteiger partial charge on any atom is -0.490 e. The molecule has 1 heterocycles. The molecule has 1 N–H and O–H groups in total. The zero-order valence-corrected chi connectivity index (χ0v) is 11.6. The van der Waals surface area contributed by atoms with Crippen molar-refractivity contribution in [2.45, 2.75) is 37.8 Å². The monoisotopic (exact) mass is 261 g/mol. The second kappa shape index (κ2) is 5.93. The first kappa shape index (κ1) is 12.9. The van der Waals surface area contributed by atoms with Crippen molar-refractivity contribution in [3.05, 3.63) is 29.8 Å². The lowest BCUT2D eigenvalue weighted by molar-refractivity contribution is 0.181. The summed E-state index contributed by atoms with van der Waals surface area (Å²) in [4.78, 5) is 0. The lowest BCUT2D eigenvalue weighted by Crippen LogP contribution is -2.20. The average molecular weight is 261 g/mol. The molecular weight excluding hydrogens is 238 g/mol. The summed E-state index contributed by atoms with van der Waals surface area (Å²) in [6.07, 6.45) is 5.24. The molecule has 2 aliphatic rings. The second-order valence-corrected chi connectivity index (χ2v) is 5.69. The Labute approximate surface area is 115 Å². The molecule has 2 fully saturated rings. The van der Waals surface area contributed by atoms with E-state index in [1.54, 1.807) is 0 Å². The van der Waals surface area contributed by atoms with Crippen molar-refractivity contribution in [3.63, 3.8) is 0 Å². The molecule has 3 nitrogen and oxygen atoms in total. The number of hydrogen-bond acceptors (Lipinski definition) is 3. The standard InChI is InChI=1S/C16H23NO2/c1-17-16(10-12-8-9-18-11-12)13-2-4-14(5-3-13)19-15-6-7-15/h2-5,12,15-17H,6-11H2,1H3. The topological polar surface area (TPSA) is 30.5 Å². The maximum Gasteiger partial charge on any atom is 0.119 e. The highest BCUT2D eigenvalue weighted by Gasteiger charge is 2.24. The zero-order valence-electron chi connectivity index (χ0n) is 11.6. The van der Waals surface area contributed by atoms with Crippen LogP contribution in [-0.2, 0) is 4.74 Å². The van der Waals surface area contributed by atoms with Crippen LogP contribution in [0.2, 0.25) is 0 Å². The van der Waals surface area contributed by atoms with E-state index in [9.17, 15) is 0 Å². The van der Waals surface area contributed by atoms with Crippen molar-refractivity contribution in [1.29, 1.82) is 0 Å². The molecule has 3 rings (SSSR count). The van der Waals surface area contributed by atoms with Gasteiger partial charge in [-0.1, -0.05) is 12.1 Å². The summed E-state index contributed by atoms with van der Waals surface area (Å²) in [6.45, 7) is 1.84. The van der Waals surface area contributed by atoms with E-state index in [2.05, 4.69) is 29.6 Å². The van der Waals surface area contributed by atoms with Crippen LogP contribution in [0.25, 0.3) is 0 Å². The molecule has 1 aromatic rings. The van der Waals surface area contributed by atoms with Gasteiger partial charge in [-0.05, 0) is 56.3 Å². The van der Waals surface area contributed by atoms with Gasteiger partial charge in [0.2, 0.25) is 0 Å². The summed E-state index contributed by atoms with van der Waals surface area (Å²) in [5.41, 5.74) is 1.34. The Morgan fingerprint density at radius 3 is 2.63 bits per heavy atom. The van der Waals surface area contributed by atoms with Gasteiger partial charge in [0, 0.05) is 19.3 Å². The Kier molecular flexibility index (Phi) is 4.04. The second-order valence-electron chi connectivity index (χ2n) is 5.69. The van der Waals surface area contributed by atoms with Crippen LogP contribution in [-0.4, -0.2) is 26.4 Å². The van der Waals surface area contributed by atoms with Crippen molar-refractivity contribution >= 4 is 0 Å². The molecule has 104 valence electrons. The minimum atomic E-state index is 0.418. The highest BCUT2D eigenvalue weighted by molar-refractivity contribution is 5.29. The van der Waals surface area contributed by atoms with Crippen LogP contribution in [0.1, 0.15) is 37.3 Å². The van der Waals surface area contributed by atoms with E-state index in [1.807, 2.05) is 7.05 Å². The van der Waals surface area contributed by atoms with Crippen LogP contribution in [0.3, 0.4) is 0 Å². The van der Waals surface area contributed by atoms with Crippen LogP contribution in [0.4, 0.5) is 0 Å². The van der Waals surface area contributed by atoms with Gasteiger partial charge in [0.25, 0.3) is 0 Å². The van der Waals surface area contributed by atoms with E-state index < -0.39 is 0 Å². The van der Waals surface area contributed by atoms with Gasteiger partial charge >= 0.3 is 0 Å². The molecule has 2 unspecified atom stereocenters. The van der Waals surface area contributed by atoms with E-state index >= 15 is 0 Å². The Hall–Kier alpha value is -1.06. The molecule has 0 spiro atoms. The zero-order chi connectivity index (χ0) is 13.1. The Balaban J connectivity index is 1.60. The van der Waals surface area contributed by atoms with Gasteiger partial charge < -0.3 is 14.8 Å². The summed E-state index contributed by atoms with van der Waals surface area (Å²) < 4.78 is 11.2. The molecule has 1 saturated heterocycles. The molecule has 0 amide bonds. The van der Waals surface area contributed by atoms with Crippen LogP contribution in [0.5, 0.6) is 5.75 Å². The van der Waals surface area contributed by atoms with E-state index in [-0.39, 0.29) is 0 Å². The summed E-state index contributed by atoms with van der Waals surface area (Å²) in [7, 11) is 2.04. The van der Waals surface area contributed by atoms with Crippen LogP contribution >= 0.6 is 0 Å². The summed E-state index contributed by atoms with van der Waals surface area (Å²) >= 11 is 0. The third-order valence-electron chi connectivity index (χ3n) is 4.05. The predicted octanol–water partition coefficient (Wildman–Crippen LogP) is 2.91. The molecule has 19 heavy (non-hydrogen) atoms. The summed E-state index contributed by atoms with van der Waals surface area (Å²) in [5.74, 6) is 1.70. The van der Waals surface area contributed by atoms with Gasteiger partial charge in [-0.3, -0.25) is 0 Å². The minimum absolute atomic E-state index is 0.418. The fraction of sp³-hybridized carbons (Fsp3) is 0.625. The molecular formula is C16H23NO2. The molecule has 1 aromatic carbocycles. The lowest BCUT2D eigenvalue weighted by atomic mass is 9.94. The predicted molar refractivity (Wildman–Crippen MR) is 75.4 cm³/mol. The van der Waals surface area contributed by atoms with Crippen LogP contribution < -0.4 is 10.1 Å². The molecule has 1 aliphatic carbocycles. The summed E-state index contributed by atoms with van der Waals surface area (Å²) in [6, 6.07) is 9.00. The van der Waals surface area contributed by atoms with Gasteiger partial charge in [0.1, 0.15) is 5.75 Å². The summed E-state index contributed by atoms with van der Waals surface area (Å²) in [5, 5.41) is 3.42. The number of hydrogen-bond donors (Lipinski definition) is 1. The molecule has 2 atom stereocenters. The van der Waals surface area contributed by atoms with Crippen molar-refractivity contribution in [2.24, 2.45) is 5.92 Å². The highest BCUT2D eigenvalue weighted by atomic mass is 16.5. The van der Waals surface area contributed by atoms with Gasteiger partial charge in [0.05, 0.1) is 6.10 Å². The van der Waals surface area contributed by atoms with Gasteiger partial charge in [0.15, 0.2) is 0 Å². The third kappa shape index (κ3) is 3.48. The van der Waals surface area contributed by atoms with Crippen molar-refractivity contribution in [3.8, 4) is 5.75 Å². The van der Waals surface area contributed by atoms with E-state index in [4.69, 9.17) is 9.47 Å². The Morgan fingerprint density at radius 2 is 2.05 bits per heavy atom. The largest absolute Gasteiger partial charge is 0.490 e. The normalized spacial score (nSPS) is 24.4. The first-order valence-corrected chi connectivity index (χ1v) is 7.37. The molecule has 1 saturated carbocycles. The fourth-order valence-electron chi connectivity index (χ4n) is 2.68. The van der Waals surface area contributed by atoms with Crippen LogP contribution in [0.15, 0.2) is 24.3 Å². The average Bonchev–Trinajstić information content (AvgIpc) is 3.10. The van der Waals surface area contributed by atoms with E-state index in [0.717, 1.165) is 25.4 Å². The van der Waals surface area contributed by atoms with Gasteiger partial charge in [-0.15, -0.1) is 0 Å². The third-order valence-corrected chi connectivity index (χ3v) is 4.05. The van der Waals surface area contributed by atoms with E-state index in [0.29, 0.717) is 18.1 Å². The van der Waals surface area contributed by atoms with Gasteiger partial charge in [-0.2, -0.15) is 0 Å². The van der Waals surface area contributed by atoms with Crippen LogP contribution in [0, 0.1) is 5.92 Å². The van der Waals surface area contributed by atoms with Crippen molar-refractivity contribution in [2.75, 3.05) is 20.3 Å². The Bertz CT molecular complexity index is 394. The maximum atomic E-state index is 5.79. The lowest BCUT2D eigenvalue weighted by Gasteiger charge is -2.20. The maximum absolute atomic E-state index is 5.79. The number of nitrogens with one attached hydrogen (secondary N) is 1. The quantitative estimate of drug-likeness (QED) is 0.854. The van der Waals surface area contributed by atoms with Crippen molar-refractivity contribution < 1.29 is 9.47 Å². The molecule has 0 bridgehead atoms. The SMILES string of the molecule is CNC(CC1CCOC1)c1ccc(OC2CC2)cc1. The molecule has 3 heteroatoms. The highest BCUT2D eigenvalue weighted by Crippen LogP contribution is 2.30. The number of rotatable bonds is 6. The van der Waals surface area contributed by atoms with E-state index in [1.165, 1.54) is 24.8 Å². The Morgan fingerprint density at radius 1 is 1.26 bits per heavy atom. The van der Waals surface area contributed by atoms with Crippen molar-refractivity contribution in [1.82, 2.24) is 5.32 Å². The molecule has 0 radical (unpaired) electrons. The molecule has 1 aliphatic heterocycles. The smallest absolute Gasteiger partial charge is 0.119 e. The first-order valence-electron chi connectivity index (χ1n) is 7.37. The fourth-order valence-corrected chi connectivity index (χ4v) is 2.68. The number of benzene rings is 1.